The molecule has 1 aliphatic rings. The highest BCUT2D eigenvalue weighted by molar-refractivity contribution is 6.31. The molecule has 0 aromatic heterocycles. The summed E-state index contributed by atoms with van der Waals surface area (Å²) < 4.78 is 0. The molecule has 0 heterocycles. The topological polar surface area (TPSA) is 78.4 Å². The first-order valence-corrected chi connectivity index (χ1v) is 7.05. The van der Waals surface area contributed by atoms with Crippen LogP contribution in [0.5, 0.6) is 0 Å². The van der Waals surface area contributed by atoms with Crippen LogP contribution in [0.3, 0.4) is 0 Å². The van der Waals surface area contributed by atoms with E-state index < -0.39 is 12.0 Å². The van der Waals surface area contributed by atoms with E-state index in [2.05, 4.69) is 38.3 Å². The van der Waals surface area contributed by atoms with Gasteiger partial charge in [-0.2, -0.15) is 0 Å². The molecule has 0 aliphatic heterocycles. The van der Waals surface area contributed by atoms with Crippen molar-refractivity contribution < 1.29 is 14.7 Å². The summed E-state index contributed by atoms with van der Waals surface area (Å²) in [4.78, 5) is 23.2. The van der Waals surface area contributed by atoms with Gasteiger partial charge in [0.25, 0.3) is 0 Å². The van der Waals surface area contributed by atoms with Crippen molar-refractivity contribution in [3.8, 4) is 0 Å². The van der Waals surface area contributed by atoms with Crippen LogP contribution in [-0.2, 0) is 0 Å². The molecular formula is C15H19ClN2O3. The van der Waals surface area contributed by atoms with Gasteiger partial charge in [-0.1, -0.05) is 39.3 Å². The van der Waals surface area contributed by atoms with Crippen LogP contribution < -0.4 is 10.6 Å². The Labute approximate surface area is 128 Å². The third kappa shape index (κ3) is 2.70. The normalized spacial score (nSPS) is 18.9. The van der Waals surface area contributed by atoms with Gasteiger partial charge in [0.2, 0.25) is 0 Å². The minimum absolute atomic E-state index is 0.00358. The summed E-state index contributed by atoms with van der Waals surface area (Å²) >= 11 is 5.85. The van der Waals surface area contributed by atoms with E-state index in [4.69, 9.17) is 16.7 Å². The molecule has 0 saturated heterocycles. The molecule has 2 rings (SSSR count). The van der Waals surface area contributed by atoms with Crippen LogP contribution in [0.4, 0.5) is 10.5 Å². The number of carbonyl (C=O) groups excluding carboxylic acids is 1. The molecule has 114 valence electrons. The Morgan fingerprint density at radius 3 is 2.24 bits per heavy atom. The molecule has 1 aromatic carbocycles. The van der Waals surface area contributed by atoms with Gasteiger partial charge >= 0.3 is 12.0 Å². The number of benzene rings is 1. The zero-order chi connectivity index (χ0) is 16.0. The number of rotatable bonds is 3. The summed E-state index contributed by atoms with van der Waals surface area (Å²) in [7, 11) is 0. The molecule has 21 heavy (non-hydrogen) atoms. The largest absolute Gasteiger partial charge is 0.478 e. The Kier molecular flexibility index (Phi) is 3.66. The summed E-state index contributed by atoms with van der Waals surface area (Å²) in [6.45, 7) is 8.33. The quantitative estimate of drug-likeness (QED) is 0.798. The summed E-state index contributed by atoms with van der Waals surface area (Å²) in [5.41, 5.74) is 0.204. The smallest absolute Gasteiger partial charge is 0.337 e. The maximum atomic E-state index is 12.1. The number of urea groups is 1. The van der Waals surface area contributed by atoms with Gasteiger partial charge < -0.3 is 15.7 Å². The molecule has 0 bridgehead atoms. The van der Waals surface area contributed by atoms with E-state index in [0.29, 0.717) is 5.02 Å². The second kappa shape index (κ2) is 4.91. The van der Waals surface area contributed by atoms with Crippen molar-refractivity contribution in [2.24, 2.45) is 10.8 Å². The molecule has 1 saturated carbocycles. The predicted molar refractivity (Wildman–Crippen MR) is 81.9 cm³/mol. The molecule has 0 atom stereocenters. The molecule has 2 amide bonds. The lowest BCUT2D eigenvalue weighted by Gasteiger charge is -2.11. The van der Waals surface area contributed by atoms with Crippen LogP contribution in [0.2, 0.25) is 5.02 Å². The summed E-state index contributed by atoms with van der Waals surface area (Å²) in [6.07, 6.45) is 0. The van der Waals surface area contributed by atoms with Crippen molar-refractivity contribution in [2.45, 2.75) is 33.7 Å². The maximum Gasteiger partial charge on any atom is 0.337 e. The maximum absolute atomic E-state index is 12.1. The molecule has 0 radical (unpaired) electrons. The van der Waals surface area contributed by atoms with E-state index in [0.717, 1.165) is 0 Å². The van der Waals surface area contributed by atoms with E-state index >= 15 is 0 Å². The zero-order valence-electron chi connectivity index (χ0n) is 12.5. The second-order valence-electron chi connectivity index (χ2n) is 6.47. The van der Waals surface area contributed by atoms with Crippen molar-refractivity contribution in [3.05, 3.63) is 28.8 Å². The van der Waals surface area contributed by atoms with Crippen LogP contribution in [0, 0.1) is 10.8 Å². The minimum Gasteiger partial charge on any atom is -0.478 e. The first-order valence-electron chi connectivity index (χ1n) is 6.67. The first-order chi connectivity index (χ1) is 9.57. The number of hydrogen-bond acceptors (Lipinski definition) is 2. The molecular weight excluding hydrogens is 292 g/mol. The van der Waals surface area contributed by atoms with Crippen molar-refractivity contribution in [1.29, 1.82) is 0 Å². The van der Waals surface area contributed by atoms with E-state index in [1.165, 1.54) is 18.2 Å². The Bertz CT molecular complexity index is 597. The lowest BCUT2D eigenvalue weighted by atomic mass is 10.0. The average molecular weight is 311 g/mol. The SMILES string of the molecule is CC1(C)C(NC(=O)Nc2cc(Cl)ccc2C(=O)O)C1(C)C. The number of carboxylic acids is 1. The fraction of sp³-hybridized carbons (Fsp3) is 0.467. The molecule has 6 heteroatoms. The van der Waals surface area contributed by atoms with Gasteiger partial charge in [0, 0.05) is 11.1 Å². The monoisotopic (exact) mass is 310 g/mol. The standard InChI is InChI=1S/C15H19ClN2O3/c1-14(2)12(15(14,3)4)18-13(21)17-10-7-8(16)5-6-9(10)11(19)20/h5-7,12H,1-4H3,(H,19,20)(H2,17,18,21). The highest BCUT2D eigenvalue weighted by atomic mass is 35.5. The number of amides is 2. The number of aromatic carboxylic acids is 1. The first kappa shape index (κ1) is 15.6. The Balaban J connectivity index is 2.11. The second-order valence-corrected chi connectivity index (χ2v) is 6.91. The van der Waals surface area contributed by atoms with Gasteiger partial charge in [0.05, 0.1) is 11.3 Å². The van der Waals surface area contributed by atoms with Gasteiger partial charge in [0.1, 0.15) is 0 Å². The van der Waals surface area contributed by atoms with Gasteiger partial charge in [0.15, 0.2) is 0 Å². The lowest BCUT2D eigenvalue weighted by Crippen LogP contribution is -2.34. The third-order valence-electron chi connectivity index (χ3n) is 4.76. The van der Waals surface area contributed by atoms with E-state index in [1.807, 2.05) is 0 Å². The van der Waals surface area contributed by atoms with E-state index in [-0.39, 0.29) is 28.1 Å². The van der Waals surface area contributed by atoms with Crippen LogP contribution in [0.25, 0.3) is 0 Å². The van der Waals surface area contributed by atoms with Crippen molar-refractivity contribution in [3.63, 3.8) is 0 Å². The molecule has 1 aliphatic carbocycles. The van der Waals surface area contributed by atoms with E-state index in [9.17, 15) is 9.59 Å². The molecule has 3 N–H and O–H groups in total. The number of hydrogen-bond donors (Lipinski definition) is 3. The van der Waals surface area contributed by atoms with Crippen molar-refractivity contribution in [1.82, 2.24) is 5.32 Å². The van der Waals surface area contributed by atoms with Crippen molar-refractivity contribution in [2.75, 3.05) is 5.32 Å². The van der Waals surface area contributed by atoms with Crippen LogP contribution >= 0.6 is 11.6 Å². The lowest BCUT2D eigenvalue weighted by molar-refractivity contribution is 0.0698. The summed E-state index contributed by atoms with van der Waals surface area (Å²) in [5, 5.41) is 14.9. The predicted octanol–water partition coefficient (Wildman–Crippen LogP) is 3.59. The fourth-order valence-electron chi connectivity index (χ4n) is 2.65. The van der Waals surface area contributed by atoms with Crippen LogP contribution in [0.15, 0.2) is 18.2 Å². The number of anilines is 1. The Morgan fingerprint density at radius 1 is 1.19 bits per heavy atom. The highest BCUT2D eigenvalue weighted by Crippen LogP contribution is 2.62. The Morgan fingerprint density at radius 2 is 1.76 bits per heavy atom. The number of carboxylic acid groups (broad SMARTS) is 1. The molecule has 1 fully saturated rings. The summed E-state index contributed by atoms with van der Waals surface area (Å²) in [6, 6.07) is 3.88. The van der Waals surface area contributed by atoms with Gasteiger partial charge in [-0.3, -0.25) is 0 Å². The zero-order valence-corrected chi connectivity index (χ0v) is 13.2. The van der Waals surface area contributed by atoms with Crippen molar-refractivity contribution >= 4 is 29.3 Å². The minimum atomic E-state index is -1.12. The van der Waals surface area contributed by atoms with Crippen LogP contribution in [0.1, 0.15) is 38.1 Å². The Hall–Kier alpha value is -1.75. The number of carbonyl (C=O) groups is 2. The molecule has 5 nitrogen and oxygen atoms in total. The summed E-state index contributed by atoms with van der Waals surface area (Å²) in [5.74, 6) is -1.12. The third-order valence-corrected chi connectivity index (χ3v) is 4.99. The fourth-order valence-corrected chi connectivity index (χ4v) is 2.83. The number of nitrogens with one attached hydrogen (secondary N) is 2. The van der Waals surface area contributed by atoms with Gasteiger partial charge in [-0.05, 0) is 29.0 Å². The van der Waals surface area contributed by atoms with E-state index in [1.54, 1.807) is 0 Å². The van der Waals surface area contributed by atoms with Crippen LogP contribution in [-0.4, -0.2) is 23.1 Å². The van der Waals surface area contributed by atoms with Gasteiger partial charge in [-0.15, -0.1) is 0 Å². The molecule has 0 unspecified atom stereocenters. The highest BCUT2D eigenvalue weighted by Gasteiger charge is 2.65. The molecule has 0 spiro atoms. The molecule has 1 aromatic rings. The van der Waals surface area contributed by atoms with Gasteiger partial charge in [-0.25, -0.2) is 9.59 Å². The number of halogens is 1. The average Bonchev–Trinajstić information content (AvgIpc) is 2.71.